The van der Waals surface area contributed by atoms with Gasteiger partial charge in [0.25, 0.3) is 0 Å². The number of aliphatic hydroxyl groups is 1. The molecular formula is C15H12F4OS. The van der Waals surface area contributed by atoms with E-state index in [4.69, 9.17) is 0 Å². The number of halogens is 4. The summed E-state index contributed by atoms with van der Waals surface area (Å²) in [6.07, 6.45) is -5.75. The van der Waals surface area contributed by atoms with Crippen molar-refractivity contribution in [2.45, 2.75) is 17.2 Å². The van der Waals surface area contributed by atoms with E-state index >= 15 is 0 Å². The Morgan fingerprint density at radius 2 is 1.62 bits per heavy atom. The Morgan fingerprint density at radius 1 is 1.00 bits per heavy atom. The zero-order chi connectivity index (χ0) is 15.5. The number of rotatable bonds is 4. The molecule has 0 aliphatic heterocycles. The van der Waals surface area contributed by atoms with Crippen molar-refractivity contribution < 1.29 is 22.7 Å². The monoisotopic (exact) mass is 316 g/mol. The highest BCUT2D eigenvalue weighted by atomic mass is 32.2. The van der Waals surface area contributed by atoms with E-state index in [-0.39, 0.29) is 17.1 Å². The Hall–Kier alpha value is -1.53. The van der Waals surface area contributed by atoms with Gasteiger partial charge in [-0.05, 0) is 35.9 Å². The molecule has 0 aromatic heterocycles. The van der Waals surface area contributed by atoms with Crippen molar-refractivity contribution in [1.82, 2.24) is 0 Å². The smallest absolute Gasteiger partial charge is 0.388 e. The fourth-order valence-electron chi connectivity index (χ4n) is 1.84. The third kappa shape index (κ3) is 4.22. The first-order valence-electron chi connectivity index (χ1n) is 6.10. The molecule has 2 rings (SSSR count). The molecule has 0 fully saturated rings. The van der Waals surface area contributed by atoms with Gasteiger partial charge in [0.05, 0.1) is 11.7 Å². The fourth-order valence-corrected chi connectivity index (χ4v) is 2.70. The van der Waals surface area contributed by atoms with Crippen molar-refractivity contribution in [3.8, 4) is 0 Å². The van der Waals surface area contributed by atoms with Crippen LogP contribution in [-0.4, -0.2) is 10.9 Å². The van der Waals surface area contributed by atoms with Gasteiger partial charge in [-0.15, -0.1) is 11.8 Å². The predicted molar refractivity (Wildman–Crippen MR) is 73.5 cm³/mol. The first kappa shape index (κ1) is 15.9. The van der Waals surface area contributed by atoms with Gasteiger partial charge in [0.15, 0.2) is 0 Å². The van der Waals surface area contributed by atoms with E-state index in [1.165, 1.54) is 54.2 Å². The van der Waals surface area contributed by atoms with Crippen molar-refractivity contribution in [2.75, 3.05) is 5.75 Å². The van der Waals surface area contributed by atoms with E-state index in [1.54, 1.807) is 0 Å². The van der Waals surface area contributed by atoms with Gasteiger partial charge >= 0.3 is 6.18 Å². The SMILES string of the molecule is OC(CSc1ccc(F)cc1)c1ccccc1C(F)(F)F. The normalized spacial score (nSPS) is 13.2. The van der Waals surface area contributed by atoms with E-state index in [9.17, 15) is 22.7 Å². The predicted octanol–water partition coefficient (Wildman–Crippen LogP) is 4.67. The Balaban J connectivity index is 2.10. The van der Waals surface area contributed by atoms with Gasteiger partial charge in [-0.2, -0.15) is 13.2 Å². The molecule has 0 bridgehead atoms. The van der Waals surface area contributed by atoms with Gasteiger partial charge < -0.3 is 5.11 Å². The van der Waals surface area contributed by atoms with Gasteiger partial charge in [0, 0.05) is 10.6 Å². The largest absolute Gasteiger partial charge is 0.416 e. The van der Waals surface area contributed by atoms with Crippen LogP contribution in [0.25, 0.3) is 0 Å². The minimum atomic E-state index is -4.50. The van der Waals surface area contributed by atoms with Crippen molar-refractivity contribution >= 4 is 11.8 Å². The zero-order valence-electron chi connectivity index (χ0n) is 10.8. The van der Waals surface area contributed by atoms with Gasteiger partial charge in [0.2, 0.25) is 0 Å². The van der Waals surface area contributed by atoms with Gasteiger partial charge in [0.1, 0.15) is 5.82 Å². The van der Waals surface area contributed by atoms with E-state index in [0.717, 1.165) is 6.07 Å². The Labute approximate surface area is 123 Å². The summed E-state index contributed by atoms with van der Waals surface area (Å²) in [4.78, 5) is 0.680. The molecular weight excluding hydrogens is 304 g/mol. The molecule has 0 saturated carbocycles. The van der Waals surface area contributed by atoms with E-state index < -0.39 is 17.8 Å². The van der Waals surface area contributed by atoms with E-state index in [1.807, 2.05) is 0 Å². The Bertz CT molecular complexity index is 595. The molecule has 0 radical (unpaired) electrons. The topological polar surface area (TPSA) is 20.2 Å². The molecule has 0 aliphatic carbocycles. The maximum Gasteiger partial charge on any atom is 0.416 e. The molecule has 0 aliphatic rings. The summed E-state index contributed by atoms with van der Waals surface area (Å²) in [5, 5.41) is 9.99. The number of thioether (sulfide) groups is 1. The lowest BCUT2D eigenvalue weighted by Gasteiger charge is -2.17. The molecule has 1 nitrogen and oxygen atoms in total. The summed E-state index contributed by atoms with van der Waals surface area (Å²) in [6, 6.07) is 10.5. The Morgan fingerprint density at radius 3 is 2.24 bits per heavy atom. The molecule has 2 aromatic carbocycles. The highest BCUT2D eigenvalue weighted by Crippen LogP contribution is 2.36. The van der Waals surface area contributed by atoms with E-state index in [2.05, 4.69) is 0 Å². The van der Waals surface area contributed by atoms with Crippen LogP contribution in [0.1, 0.15) is 17.2 Å². The molecule has 0 spiro atoms. The lowest BCUT2D eigenvalue weighted by molar-refractivity contribution is -0.139. The summed E-state index contributed by atoms with van der Waals surface area (Å²) in [6.45, 7) is 0. The van der Waals surface area contributed by atoms with Crippen LogP contribution in [0.5, 0.6) is 0 Å². The average Bonchev–Trinajstić information content (AvgIpc) is 2.45. The molecule has 1 N–H and O–H groups in total. The molecule has 21 heavy (non-hydrogen) atoms. The van der Waals surface area contributed by atoms with Crippen LogP contribution in [0.15, 0.2) is 53.4 Å². The molecule has 0 heterocycles. The van der Waals surface area contributed by atoms with Gasteiger partial charge in [-0.3, -0.25) is 0 Å². The number of aliphatic hydroxyl groups excluding tert-OH is 1. The number of benzene rings is 2. The quantitative estimate of drug-likeness (QED) is 0.653. The highest BCUT2D eigenvalue weighted by Gasteiger charge is 2.34. The second-order valence-electron chi connectivity index (χ2n) is 4.37. The lowest BCUT2D eigenvalue weighted by Crippen LogP contribution is -2.13. The maximum atomic E-state index is 12.9. The number of alkyl halides is 3. The number of hydrogen-bond donors (Lipinski definition) is 1. The minimum absolute atomic E-state index is 0.0543. The summed E-state index contributed by atoms with van der Waals surface area (Å²) < 4.78 is 51.3. The minimum Gasteiger partial charge on any atom is -0.388 e. The first-order chi connectivity index (χ1) is 9.88. The molecule has 1 unspecified atom stereocenters. The second-order valence-corrected chi connectivity index (χ2v) is 5.46. The summed E-state index contributed by atoms with van der Waals surface area (Å²) in [5.74, 6) is -0.332. The first-order valence-corrected chi connectivity index (χ1v) is 7.09. The fraction of sp³-hybridized carbons (Fsp3) is 0.200. The summed E-state index contributed by atoms with van der Waals surface area (Å²) in [7, 11) is 0. The molecule has 0 saturated heterocycles. The van der Waals surface area contributed by atoms with Crippen LogP contribution >= 0.6 is 11.8 Å². The zero-order valence-corrected chi connectivity index (χ0v) is 11.6. The van der Waals surface area contributed by atoms with Crippen molar-refractivity contribution in [3.63, 3.8) is 0 Å². The Kier molecular flexibility index (Phi) is 4.90. The van der Waals surface area contributed by atoms with Gasteiger partial charge in [-0.1, -0.05) is 18.2 Å². The molecule has 6 heteroatoms. The van der Waals surface area contributed by atoms with Gasteiger partial charge in [-0.25, -0.2) is 4.39 Å². The van der Waals surface area contributed by atoms with Crippen molar-refractivity contribution in [3.05, 3.63) is 65.5 Å². The summed E-state index contributed by atoms with van der Waals surface area (Å²) in [5.41, 5.74) is -0.989. The van der Waals surface area contributed by atoms with Crippen molar-refractivity contribution in [1.29, 1.82) is 0 Å². The molecule has 2 aromatic rings. The average molecular weight is 316 g/mol. The van der Waals surface area contributed by atoms with Crippen molar-refractivity contribution in [2.24, 2.45) is 0 Å². The van der Waals surface area contributed by atoms with Crippen LogP contribution in [0.3, 0.4) is 0 Å². The third-order valence-corrected chi connectivity index (χ3v) is 3.93. The lowest BCUT2D eigenvalue weighted by atomic mass is 10.0. The third-order valence-electron chi connectivity index (χ3n) is 2.85. The molecule has 1 atom stereocenters. The van der Waals surface area contributed by atoms with Crippen LogP contribution < -0.4 is 0 Å². The molecule has 0 amide bonds. The second kappa shape index (κ2) is 6.49. The molecule has 112 valence electrons. The van der Waals surface area contributed by atoms with Crippen LogP contribution in [0.4, 0.5) is 17.6 Å². The standard InChI is InChI=1S/C15H12F4OS/c16-10-5-7-11(8-6-10)21-9-14(20)12-3-1-2-4-13(12)15(17,18)19/h1-8,14,20H,9H2. The van der Waals surface area contributed by atoms with Crippen LogP contribution in [0, 0.1) is 5.82 Å². The highest BCUT2D eigenvalue weighted by molar-refractivity contribution is 7.99. The number of hydrogen-bond acceptors (Lipinski definition) is 2. The maximum absolute atomic E-state index is 12.9. The summed E-state index contributed by atoms with van der Waals surface area (Å²) >= 11 is 1.17. The van der Waals surface area contributed by atoms with E-state index in [0.29, 0.717) is 4.90 Å². The van der Waals surface area contributed by atoms with Crippen LogP contribution in [0.2, 0.25) is 0 Å². The van der Waals surface area contributed by atoms with Crippen LogP contribution in [-0.2, 0) is 6.18 Å².